The molecule has 0 aliphatic carbocycles. The number of alkyl halides is 2. The second kappa shape index (κ2) is 5.05. The van der Waals surface area contributed by atoms with Gasteiger partial charge >= 0.3 is 5.97 Å². The van der Waals surface area contributed by atoms with Crippen LogP contribution in [0.5, 0.6) is 0 Å². The van der Waals surface area contributed by atoms with Crippen LogP contribution in [-0.2, 0) is 6.42 Å². The van der Waals surface area contributed by atoms with E-state index in [0.29, 0.717) is 6.42 Å². The van der Waals surface area contributed by atoms with Crippen LogP contribution in [0.25, 0.3) is 0 Å². The largest absolute Gasteiger partial charge is 0.475 e. The average Bonchev–Trinajstić information content (AvgIpc) is 2.61. The third-order valence-corrected chi connectivity index (χ3v) is 2.32. The molecule has 0 aromatic carbocycles. The summed E-state index contributed by atoms with van der Waals surface area (Å²) >= 11 is 0. The van der Waals surface area contributed by atoms with Crippen LogP contribution in [0.1, 0.15) is 48.8 Å². The van der Waals surface area contributed by atoms with E-state index in [-0.39, 0.29) is 11.8 Å². The molecule has 0 amide bonds. The monoisotopic (exact) mass is 233 g/mol. The first-order chi connectivity index (χ1) is 7.45. The molecule has 0 aliphatic rings. The van der Waals surface area contributed by atoms with E-state index in [9.17, 15) is 13.6 Å². The van der Waals surface area contributed by atoms with Gasteiger partial charge in [-0.2, -0.15) is 0 Å². The Kier molecular flexibility index (Phi) is 3.98. The molecule has 0 spiro atoms. The zero-order valence-corrected chi connectivity index (χ0v) is 9.04. The molecule has 0 bridgehead atoms. The predicted molar refractivity (Wildman–Crippen MR) is 51.6 cm³/mol. The first-order valence-electron chi connectivity index (χ1n) is 4.96. The van der Waals surface area contributed by atoms with E-state index < -0.39 is 23.8 Å². The number of hydrogen-bond acceptors (Lipinski definition) is 3. The van der Waals surface area contributed by atoms with Gasteiger partial charge in [0.15, 0.2) is 11.6 Å². The van der Waals surface area contributed by atoms with Gasteiger partial charge in [0.25, 0.3) is 6.43 Å². The van der Waals surface area contributed by atoms with E-state index in [1.165, 1.54) is 0 Å². The molecule has 1 unspecified atom stereocenters. The summed E-state index contributed by atoms with van der Waals surface area (Å²) in [7, 11) is 0. The van der Waals surface area contributed by atoms with E-state index in [0.717, 1.165) is 6.42 Å². The van der Waals surface area contributed by atoms with E-state index in [4.69, 9.17) is 9.52 Å². The molecule has 1 N–H and O–H groups in total. The minimum Gasteiger partial charge on any atom is -0.475 e. The number of carboxylic acids is 1. The third-order valence-electron chi connectivity index (χ3n) is 2.32. The first-order valence-corrected chi connectivity index (χ1v) is 4.96. The fourth-order valence-electron chi connectivity index (χ4n) is 1.21. The zero-order valence-electron chi connectivity index (χ0n) is 9.04. The lowest BCUT2D eigenvalue weighted by Crippen LogP contribution is -2.00. The summed E-state index contributed by atoms with van der Waals surface area (Å²) in [4.78, 5) is 14.1. The number of carboxylic acid groups (broad SMARTS) is 1. The Balaban J connectivity index is 2.97. The number of halogens is 2. The molecule has 1 aromatic rings. The summed E-state index contributed by atoms with van der Waals surface area (Å²) in [6.07, 6.45) is -1.72. The van der Waals surface area contributed by atoms with E-state index >= 15 is 0 Å². The number of hydrogen-bond donors (Lipinski definition) is 1. The summed E-state index contributed by atoms with van der Waals surface area (Å²) < 4.78 is 29.7. The summed E-state index contributed by atoms with van der Waals surface area (Å²) in [6, 6.07) is 0. The van der Waals surface area contributed by atoms with Crippen LogP contribution in [0.3, 0.4) is 0 Å². The average molecular weight is 233 g/mol. The lowest BCUT2D eigenvalue weighted by molar-refractivity contribution is 0.0644. The minimum absolute atomic E-state index is 0.0575. The van der Waals surface area contributed by atoms with Gasteiger partial charge in [-0.15, -0.1) is 0 Å². The van der Waals surface area contributed by atoms with Crippen molar-refractivity contribution in [2.24, 2.45) is 5.92 Å². The standard InChI is InChI=1S/C10H13F2NO3/c1-3-5(2)4-6-13-7(9(11)12)8(16-6)10(14)15/h5,9H,3-4H2,1-2H3,(H,14,15). The van der Waals surface area contributed by atoms with Crippen LogP contribution in [0.2, 0.25) is 0 Å². The van der Waals surface area contributed by atoms with Crippen LogP contribution in [0, 0.1) is 5.92 Å². The van der Waals surface area contributed by atoms with Gasteiger partial charge in [-0.25, -0.2) is 18.6 Å². The summed E-state index contributed by atoms with van der Waals surface area (Å²) in [5.74, 6) is -2.00. The maximum Gasteiger partial charge on any atom is 0.374 e. The van der Waals surface area contributed by atoms with Gasteiger partial charge < -0.3 is 9.52 Å². The second-order valence-electron chi connectivity index (χ2n) is 3.65. The van der Waals surface area contributed by atoms with Crippen molar-refractivity contribution in [3.8, 4) is 0 Å². The van der Waals surface area contributed by atoms with Crippen LogP contribution >= 0.6 is 0 Å². The van der Waals surface area contributed by atoms with Gasteiger partial charge in [0, 0.05) is 6.42 Å². The Labute approximate surface area is 91.3 Å². The zero-order chi connectivity index (χ0) is 12.3. The Bertz CT molecular complexity index is 376. The molecule has 0 aliphatic heterocycles. The number of rotatable bonds is 5. The maximum atomic E-state index is 12.4. The molecule has 1 aromatic heterocycles. The molecule has 4 nitrogen and oxygen atoms in total. The van der Waals surface area contributed by atoms with Crippen LogP contribution in [0.4, 0.5) is 8.78 Å². The maximum absolute atomic E-state index is 12.4. The molecule has 16 heavy (non-hydrogen) atoms. The van der Waals surface area contributed by atoms with Gasteiger partial charge in [-0.3, -0.25) is 0 Å². The van der Waals surface area contributed by atoms with Gasteiger partial charge in [-0.05, 0) is 5.92 Å². The Morgan fingerprint density at radius 1 is 1.56 bits per heavy atom. The van der Waals surface area contributed by atoms with E-state index in [1.54, 1.807) is 0 Å². The minimum atomic E-state index is -2.93. The third kappa shape index (κ3) is 2.77. The van der Waals surface area contributed by atoms with Crippen molar-refractivity contribution in [1.29, 1.82) is 0 Å². The highest BCUT2D eigenvalue weighted by Crippen LogP contribution is 2.24. The second-order valence-corrected chi connectivity index (χ2v) is 3.65. The molecule has 0 radical (unpaired) electrons. The Morgan fingerprint density at radius 2 is 2.19 bits per heavy atom. The van der Waals surface area contributed by atoms with Crippen molar-refractivity contribution in [1.82, 2.24) is 4.98 Å². The quantitative estimate of drug-likeness (QED) is 0.849. The highest BCUT2D eigenvalue weighted by atomic mass is 19.3. The fourth-order valence-corrected chi connectivity index (χ4v) is 1.21. The molecular formula is C10H13F2NO3. The highest BCUT2D eigenvalue weighted by Gasteiger charge is 2.26. The van der Waals surface area contributed by atoms with Crippen LogP contribution < -0.4 is 0 Å². The SMILES string of the molecule is CCC(C)Cc1nc(C(F)F)c(C(=O)O)o1. The highest BCUT2D eigenvalue weighted by molar-refractivity contribution is 5.85. The van der Waals surface area contributed by atoms with Crippen LogP contribution in [-0.4, -0.2) is 16.1 Å². The number of aromatic nitrogens is 1. The normalized spacial score (nSPS) is 13.1. The van der Waals surface area contributed by atoms with Crippen molar-refractivity contribution in [2.45, 2.75) is 33.1 Å². The van der Waals surface area contributed by atoms with Crippen LogP contribution in [0.15, 0.2) is 4.42 Å². The summed E-state index contributed by atoms with van der Waals surface area (Å²) in [6.45, 7) is 3.85. The smallest absolute Gasteiger partial charge is 0.374 e. The molecule has 1 heterocycles. The van der Waals surface area contributed by atoms with Crippen molar-refractivity contribution in [3.63, 3.8) is 0 Å². The predicted octanol–water partition coefficient (Wildman–Crippen LogP) is 2.90. The lowest BCUT2D eigenvalue weighted by atomic mass is 10.1. The molecular weight excluding hydrogens is 220 g/mol. The van der Waals surface area contributed by atoms with Crippen molar-refractivity contribution < 1.29 is 23.1 Å². The first kappa shape index (κ1) is 12.6. The molecule has 0 saturated carbocycles. The Hall–Kier alpha value is -1.46. The summed E-state index contributed by atoms with van der Waals surface area (Å²) in [5, 5.41) is 8.65. The topological polar surface area (TPSA) is 63.3 Å². The van der Waals surface area contributed by atoms with Gasteiger partial charge in [0.1, 0.15) is 0 Å². The number of oxazole rings is 1. The number of nitrogens with zero attached hydrogens (tertiary/aromatic N) is 1. The number of carbonyl (C=O) groups is 1. The van der Waals surface area contributed by atoms with Gasteiger partial charge in [0.2, 0.25) is 5.76 Å². The van der Waals surface area contributed by atoms with Gasteiger partial charge in [0.05, 0.1) is 0 Å². The van der Waals surface area contributed by atoms with Crippen molar-refractivity contribution >= 4 is 5.97 Å². The molecule has 1 rings (SSSR count). The Morgan fingerprint density at radius 3 is 2.56 bits per heavy atom. The lowest BCUT2D eigenvalue weighted by Gasteiger charge is -2.02. The van der Waals surface area contributed by atoms with Crippen molar-refractivity contribution in [2.75, 3.05) is 0 Å². The molecule has 6 heteroatoms. The number of aromatic carboxylic acids is 1. The molecule has 90 valence electrons. The van der Waals surface area contributed by atoms with Crippen molar-refractivity contribution in [3.05, 3.63) is 17.3 Å². The molecule has 0 fully saturated rings. The van der Waals surface area contributed by atoms with E-state index in [2.05, 4.69) is 4.98 Å². The van der Waals surface area contributed by atoms with E-state index in [1.807, 2.05) is 13.8 Å². The molecule has 1 atom stereocenters. The van der Waals surface area contributed by atoms with Gasteiger partial charge in [-0.1, -0.05) is 20.3 Å². The summed E-state index contributed by atoms with van der Waals surface area (Å²) in [5.41, 5.74) is -0.786. The molecule has 0 saturated heterocycles. The fraction of sp³-hybridized carbons (Fsp3) is 0.600.